The standard InChI is InChI=1S/C20H25F3O3/c1-17(2)14-10-11-18(17,3)15(12-14)26-16(24)19(25-4,20(21,22)23)13-8-6-5-7-9-13/h5-9,14-15H,10-12H2,1-4H3/t14-,15+,18-,19?/m0/s1. The van der Waals surface area contributed by atoms with Gasteiger partial charge in [-0.15, -0.1) is 0 Å². The van der Waals surface area contributed by atoms with Gasteiger partial charge in [-0.1, -0.05) is 51.1 Å². The van der Waals surface area contributed by atoms with Crippen molar-refractivity contribution in [1.82, 2.24) is 0 Å². The Morgan fingerprint density at radius 3 is 2.19 bits per heavy atom. The van der Waals surface area contributed by atoms with Gasteiger partial charge in [-0.05, 0) is 30.6 Å². The number of hydrogen-bond donors (Lipinski definition) is 0. The Labute approximate surface area is 151 Å². The van der Waals surface area contributed by atoms with Gasteiger partial charge in [-0.3, -0.25) is 0 Å². The predicted octanol–water partition coefficient (Wildman–Crippen LogP) is 4.85. The topological polar surface area (TPSA) is 35.5 Å². The maximum absolute atomic E-state index is 14.0. The molecular weight excluding hydrogens is 345 g/mol. The van der Waals surface area contributed by atoms with Crippen molar-refractivity contribution in [3.8, 4) is 0 Å². The third-order valence-electron chi connectivity index (χ3n) is 7.14. The van der Waals surface area contributed by atoms with Crippen LogP contribution in [0.4, 0.5) is 13.2 Å². The van der Waals surface area contributed by atoms with Crippen LogP contribution < -0.4 is 0 Å². The van der Waals surface area contributed by atoms with E-state index in [4.69, 9.17) is 9.47 Å². The summed E-state index contributed by atoms with van der Waals surface area (Å²) in [5.74, 6) is -1.03. The maximum atomic E-state index is 14.0. The molecule has 0 saturated heterocycles. The van der Waals surface area contributed by atoms with Crippen molar-refractivity contribution in [2.24, 2.45) is 16.7 Å². The van der Waals surface area contributed by atoms with Crippen LogP contribution in [0, 0.1) is 16.7 Å². The van der Waals surface area contributed by atoms with Crippen molar-refractivity contribution in [3.63, 3.8) is 0 Å². The van der Waals surface area contributed by atoms with Gasteiger partial charge in [-0.2, -0.15) is 13.2 Å². The molecule has 2 saturated carbocycles. The largest absolute Gasteiger partial charge is 0.459 e. The van der Waals surface area contributed by atoms with E-state index in [9.17, 15) is 18.0 Å². The number of halogens is 3. The first kappa shape index (κ1) is 19.2. The summed E-state index contributed by atoms with van der Waals surface area (Å²) in [6.45, 7) is 6.24. The summed E-state index contributed by atoms with van der Waals surface area (Å²) in [5.41, 5.74) is -3.78. The van der Waals surface area contributed by atoms with E-state index in [0.29, 0.717) is 12.3 Å². The molecule has 0 spiro atoms. The molecule has 0 aliphatic heterocycles. The molecule has 26 heavy (non-hydrogen) atoms. The molecule has 144 valence electrons. The van der Waals surface area contributed by atoms with E-state index in [-0.39, 0.29) is 16.4 Å². The molecule has 0 N–H and O–H groups in total. The number of benzene rings is 1. The number of hydrogen-bond acceptors (Lipinski definition) is 3. The lowest BCUT2D eigenvalue weighted by atomic mass is 9.70. The monoisotopic (exact) mass is 370 g/mol. The fraction of sp³-hybridized carbons (Fsp3) is 0.650. The zero-order chi connectivity index (χ0) is 19.4. The van der Waals surface area contributed by atoms with E-state index in [2.05, 4.69) is 13.8 Å². The molecule has 0 heterocycles. The number of fused-ring (bicyclic) bond motifs is 2. The number of rotatable bonds is 4. The molecule has 2 fully saturated rings. The van der Waals surface area contributed by atoms with Crippen molar-refractivity contribution in [2.75, 3.05) is 7.11 Å². The molecule has 2 aliphatic carbocycles. The van der Waals surface area contributed by atoms with Gasteiger partial charge in [0.2, 0.25) is 0 Å². The van der Waals surface area contributed by atoms with Gasteiger partial charge in [0.25, 0.3) is 5.60 Å². The smallest absolute Gasteiger partial charge is 0.432 e. The average Bonchev–Trinajstić information content (AvgIpc) is 2.89. The Hall–Kier alpha value is -1.56. The van der Waals surface area contributed by atoms with Crippen molar-refractivity contribution in [2.45, 2.75) is 57.9 Å². The van der Waals surface area contributed by atoms with Crippen LogP contribution in [-0.2, 0) is 19.9 Å². The van der Waals surface area contributed by atoms with Gasteiger partial charge >= 0.3 is 12.1 Å². The third-order valence-corrected chi connectivity index (χ3v) is 7.14. The van der Waals surface area contributed by atoms with Gasteiger partial charge in [0, 0.05) is 18.1 Å². The Kier molecular flexibility index (Phi) is 4.42. The Bertz CT molecular complexity index is 685. The first-order valence-corrected chi connectivity index (χ1v) is 8.89. The summed E-state index contributed by atoms with van der Waals surface area (Å²) < 4.78 is 52.3. The molecule has 4 atom stereocenters. The number of ether oxygens (including phenoxy) is 2. The van der Waals surface area contributed by atoms with Crippen LogP contribution in [0.15, 0.2) is 30.3 Å². The van der Waals surface area contributed by atoms with Crippen LogP contribution in [-0.4, -0.2) is 25.4 Å². The van der Waals surface area contributed by atoms with E-state index in [0.717, 1.165) is 20.0 Å². The molecule has 1 unspecified atom stereocenters. The fourth-order valence-electron chi connectivity index (χ4n) is 4.91. The lowest BCUT2D eigenvalue weighted by Gasteiger charge is -2.40. The third kappa shape index (κ3) is 2.41. The SMILES string of the molecule is COC(C(=O)O[C@@H]1C[C@@H]2CC[C@]1(C)C2(C)C)(c1ccccc1)C(F)(F)F. The molecule has 0 amide bonds. The minimum absolute atomic E-state index is 0.0708. The second kappa shape index (κ2) is 5.98. The van der Waals surface area contributed by atoms with E-state index >= 15 is 0 Å². The molecule has 2 aliphatic rings. The zero-order valence-electron chi connectivity index (χ0n) is 15.5. The summed E-state index contributed by atoms with van der Waals surface area (Å²) >= 11 is 0. The highest BCUT2D eigenvalue weighted by atomic mass is 19.4. The van der Waals surface area contributed by atoms with Gasteiger partial charge in [-0.25, -0.2) is 4.79 Å². The normalized spacial score (nSPS) is 32.3. The quantitative estimate of drug-likeness (QED) is 0.711. The highest BCUT2D eigenvalue weighted by Crippen LogP contribution is 2.66. The van der Waals surface area contributed by atoms with Crippen molar-refractivity contribution >= 4 is 5.97 Å². The fourth-order valence-corrected chi connectivity index (χ4v) is 4.91. The molecule has 0 radical (unpaired) electrons. The molecule has 3 nitrogen and oxygen atoms in total. The minimum Gasteiger partial charge on any atom is -0.459 e. The highest BCUT2D eigenvalue weighted by Gasteiger charge is 2.67. The number of esters is 1. The van der Waals surface area contributed by atoms with Crippen LogP contribution in [0.2, 0.25) is 0 Å². The summed E-state index contributed by atoms with van der Waals surface area (Å²) in [5, 5.41) is 0. The number of carbonyl (C=O) groups is 1. The lowest BCUT2D eigenvalue weighted by molar-refractivity contribution is -0.280. The van der Waals surface area contributed by atoms with E-state index < -0.39 is 23.9 Å². The molecule has 0 aromatic heterocycles. The predicted molar refractivity (Wildman–Crippen MR) is 90.3 cm³/mol. The average molecular weight is 370 g/mol. The summed E-state index contributed by atoms with van der Waals surface area (Å²) in [6.07, 6.45) is -3.01. The Balaban J connectivity index is 1.96. The van der Waals surface area contributed by atoms with Gasteiger partial charge in [0.15, 0.2) is 0 Å². The van der Waals surface area contributed by atoms with Gasteiger partial charge in [0.05, 0.1) is 0 Å². The van der Waals surface area contributed by atoms with E-state index in [1.807, 2.05) is 6.92 Å². The molecule has 2 bridgehead atoms. The minimum atomic E-state index is -4.94. The van der Waals surface area contributed by atoms with Crippen LogP contribution in [0.25, 0.3) is 0 Å². The maximum Gasteiger partial charge on any atom is 0.432 e. The zero-order valence-corrected chi connectivity index (χ0v) is 15.5. The molecule has 3 rings (SSSR count). The van der Waals surface area contributed by atoms with Crippen LogP contribution in [0.3, 0.4) is 0 Å². The molecule has 1 aromatic carbocycles. The number of methoxy groups -OCH3 is 1. The van der Waals surface area contributed by atoms with Gasteiger partial charge in [0.1, 0.15) is 6.10 Å². The van der Waals surface area contributed by atoms with Crippen LogP contribution in [0.5, 0.6) is 0 Å². The molecule has 6 heteroatoms. The second-order valence-corrected chi connectivity index (χ2v) is 8.25. The molecular formula is C20H25F3O3. The van der Waals surface area contributed by atoms with Crippen LogP contribution >= 0.6 is 0 Å². The van der Waals surface area contributed by atoms with Gasteiger partial charge < -0.3 is 9.47 Å². The Morgan fingerprint density at radius 1 is 1.15 bits per heavy atom. The summed E-state index contributed by atoms with van der Waals surface area (Å²) in [6, 6.07) is 6.97. The van der Waals surface area contributed by atoms with Crippen molar-refractivity contribution in [3.05, 3.63) is 35.9 Å². The van der Waals surface area contributed by atoms with E-state index in [1.54, 1.807) is 6.07 Å². The first-order chi connectivity index (χ1) is 12.0. The van der Waals surface area contributed by atoms with E-state index in [1.165, 1.54) is 24.3 Å². The first-order valence-electron chi connectivity index (χ1n) is 8.89. The summed E-state index contributed by atoms with van der Waals surface area (Å²) in [4.78, 5) is 12.9. The van der Waals surface area contributed by atoms with Crippen LogP contribution in [0.1, 0.15) is 45.6 Å². The van der Waals surface area contributed by atoms with Crippen molar-refractivity contribution in [1.29, 1.82) is 0 Å². The number of alkyl halides is 3. The number of carbonyl (C=O) groups excluding carboxylic acids is 1. The van der Waals surface area contributed by atoms with Crippen molar-refractivity contribution < 1.29 is 27.4 Å². The second-order valence-electron chi connectivity index (χ2n) is 8.25. The molecule has 1 aromatic rings. The highest BCUT2D eigenvalue weighted by molar-refractivity contribution is 5.83. The summed E-state index contributed by atoms with van der Waals surface area (Å²) in [7, 11) is 0.897. The Morgan fingerprint density at radius 2 is 1.77 bits per heavy atom. The lowest BCUT2D eigenvalue weighted by Crippen LogP contribution is -2.53.